The topological polar surface area (TPSA) is 51.5 Å². The van der Waals surface area contributed by atoms with Gasteiger partial charge < -0.3 is 4.74 Å². The summed E-state index contributed by atoms with van der Waals surface area (Å²) in [6, 6.07) is 7.95. The van der Waals surface area contributed by atoms with E-state index in [1.807, 2.05) is 29.8 Å². The molecule has 0 unspecified atom stereocenters. The number of aromatic nitrogens is 1. The van der Waals surface area contributed by atoms with Crippen LogP contribution < -0.4 is 0 Å². The molecule has 0 bridgehead atoms. The molecular formula is C18H20N2O3. The summed E-state index contributed by atoms with van der Waals surface area (Å²) in [5, 5.41) is 1.14. The fourth-order valence-electron chi connectivity index (χ4n) is 4.16. The van der Waals surface area contributed by atoms with Gasteiger partial charge in [-0.2, -0.15) is 0 Å². The second-order valence-electron chi connectivity index (χ2n) is 6.35. The second kappa shape index (κ2) is 5.20. The standard InChI is InChI=1S/C18H20N2O3/c1-3-23-18(22)13-10-15(21)20-14-7-5-4-6-11(14)12-8-9-19(2)16(13)17(12)20/h4-7,13,16H,3,8-10H2,1-2H3/t13-,16-/m0/s1. The Morgan fingerprint density at radius 3 is 2.91 bits per heavy atom. The summed E-state index contributed by atoms with van der Waals surface area (Å²) < 4.78 is 7.07. The predicted octanol–water partition coefficient (Wildman–Crippen LogP) is 2.39. The SMILES string of the molecule is CCOC(=O)[C@H]1CC(=O)n2c3c(c4ccccc42)CCN(C)[C@H]31. The van der Waals surface area contributed by atoms with Crippen molar-refractivity contribution in [3.05, 3.63) is 35.5 Å². The number of fused-ring (bicyclic) bond motifs is 3. The largest absolute Gasteiger partial charge is 0.466 e. The van der Waals surface area contributed by atoms with E-state index in [4.69, 9.17) is 4.74 Å². The van der Waals surface area contributed by atoms with E-state index in [2.05, 4.69) is 11.0 Å². The average molecular weight is 312 g/mol. The molecule has 120 valence electrons. The van der Waals surface area contributed by atoms with Crippen molar-refractivity contribution >= 4 is 22.8 Å². The number of nitrogens with zero attached hydrogens (tertiary/aromatic N) is 2. The highest BCUT2D eigenvalue weighted by atomic mass is 16.5. The molecule has 23 heavy (non-hydrogen) atoms. The predicted molar refractivity (Wildman–Crippen MR) is 86.4 cm³/mol. The number of rotatable bonds is 2. The van der Waals surface area contributed by atoms with Crippen molar-refractivity contribution < 1.29 is 14.3 Å². The zero-order valence-corrected chi connectivity index (χ0v) is 13.4. The van der Waals surface area contributed by atoms with Crippen LogP contribution >= 0.6 is 0 Å². The van der Waals surface area contributed by atoms with Crippen LogP contribution in [-0.2, 0) is 16.0 Å². The maximum absolute atomic E-state index is 12.8. The lowest BCUT2D eigenvalue weighted by Gasteiger charge is -2.40. The highest BCUT2D eigenvalue weighted by Gasteiger charge is 2.45. The fraction of sp³-hybridized carbons (Fsp3) is 0.444. The van der Waals surface area contributed by atoms with Crippen LogP contribution in [0.1, 0.15) is 35.4 Å². The zero-order valence-electron chi connectivity index (χ0n) is 13.4. The highest BCUT2D eigenvalue weighted by molar-refractivity contribution is 5.99. The first-order valence-electron chi connectivity index (χ1n) is 8.15. The molecule has 0 saturated heterocycles. The molecular weight excluding hydrogens is 292 g/mol. The summed E-state index contributed by atoms with van der Waals surface area (Å²) in [5.74, 6) is -0.683. The van der Waals surface area contributed by atoms with Crippen LogP contribution in [0, 0.1) is 5.92 Å². The van der Waals surface area contributed by atoms with E-state index in [1.54, 1.807) is 6.92 Å². The summed E-state index contributed by atoms with van der Waals surface area (Å²) in [7, 11) is 2.03. The molecule has 0 spiro atoms. The minimum absolute atomic E-state index is 0.00736. The zero-order chi connectivity index (χ0) is 16.1. The van der Waals surface area contributed by atoms with Crippen LogP contribution in [0.4, 0.5) is 0 Å². The minimum Gasteiger partial charge on any atom is -0.466 e. The van der Waals surface area contributed by atoms with Gasteiger partial charge in [-0.05, 0) is 32.0 Å². The summed E-state index contributed by atoms with van der Waals surface area (Å²) >= 11 is 0. The van der Waals surface area contributed by atoms with E-state index in [-0.39, 0.29) is 24.3 Å². The first-order valence-corrected chi connectivity index (χ1v) is 8.15. The highest BCUT2D eigenvalue weighted by Crippen LogP contribution is 2.44. The van der Waals surface area contributed by atoms with E-state index in [0.29, 0.717) is 6.61 Å². The molecule has 2 atom stereocenters. The maximum atomic E-state index is 12.8. The van der Waals surface area contributed by atoms with Crippen LogP contribution in [0.15, 0.2) is 24.3 Å². The molecule has 5 nitrogen and oxygen atoms in total. The third-order valence-electron chi connectivity index (χ3n) is 5.10. The van der Waals surface area contributed by atoms with Gasteiger partial charge in [0.2, 0.25) is 5.91 Å². The molecule has 2 aliphatic rings. The Bertz CT molecular complexity index is 808. The van der Waals surface area contributed by atoms with Gasteiger partial charge in [-0.3, -0.25) is 19.1 Å². The molecule has 4 rings (SSSR count). The second-order valence-corrected chi connectivity index (χ2v) is 6.35. The molecule has 3 heterocycles. The van der Waals surface area contributed by atoms with Gasteiger partial charge in [0.25, 0.3) is 0 Å². The monoisotopic (exact) mass is 312 g/mol. The Labute approximate surface area is 134 Å². The first kappa shape index (κ1) is 14.5. The van der Waals surface area contributed by atoms with E-state index in [1.165, 1.54) is 5.56 Å². The first-order chi connectivity index (χ1) is 11.1. The third kappa shape index (κ3) is 1.96. The van der Waals surface area contributed by atoms with Crippen molar-refractivity contribution in [3.8, 4) is 0 Å². The van der Waals surface area contributed by atoms with Crippen LogP contribution in [0.5, 0.6) is 0 Å². The Morgan fingerprint density at radius 2 is 2.13 bits per heavy atom. The van der Waals surface area contributed by atoms with Crippen LogP contribution in [0.25, 0.3) is 10.9 Å². The van der Waals surface area contributed by atoms with E-state index >= 15 is 0 Å². The van der Waals surface area contributed by atoms with E-state index < -0.39 is 5.92 Å². The number of hydrogen-bond donors (Lipinski definition) is 0. The van der Waals surface area contributed by atoms with Crippen LogP contribution in [0.2, 0.25) is 0 Å². The lowest BCUT2D eigenvalue weighted by molar-refractivity contribution is -0.151. The Balaban J connectivity index is 1.95. The number of para-hydroxylation sites is 1. The number of carbonyl (C=O) groups excluding carboxylic acids is 2. The molecule has 2 aromatic rings. The van der Waals surface area contributed by atoms with Crippen molar-refractivity contribution in [2.24, 2.45) is 5.92 Å². The molecule has 1 aromatic carbocycles. The van der Waals surface area contributed by atoms with Gasteiger partial charge in [-0.25, -0.2) is 0 Å². The number of likely N-dealkylation sites (N-methyl/N-ethyl adjacent to an activating group) is 1. The molecule has 0 radical (unpaired) electrons. The Morgan fingerprint density at radius 1 is 1.35 bits per heavy atom. The van der Waals surface area contributed by atoms with Gasteiger partial charge in [-0.1, -0.05) is 18.2 Å². The molecule has 0 fully saturated rings. The molecule has 2 aliphatic heterocycles. The molecule has 0 N–H and O–H groups in total. The number of hydrogen-bond acceptors (Lipinski definition) is 4. The lowest BCUT2D eigenvalue weighted by atomic mass is 9.84. The Kier molecular flexibility index (Phi) is 3.27. The van der Waals surface area contributed by atoms with Crippen molar-refractivity contribution in [2.45, 2.75) is 25.8 Å². The smallest absolute Gasteiger partial charge is 0.311 e. The van der Waals surface area contributed by atoms with Crippen molar-refractivity contribution in [1.82, 2.24) is 9.47 Å². The van der Waals surface area contributed by atoms with Gasteiger partial charge in [0.15, 0.2) is 0 Å². The average Bonchev–Trinajstić information content (AvgIpc) is 2.88. The quantitative estimate of drug-likeness (QED) is 0.799. The molecule has 0 amide bonds. The van der Waals surface area contributed by atoms with Crippen molar-refractivity contribution in [1.29, 1.82) is 0 Å². The molecule has 0 aliphatic carbocycles. The van der Waals surface area contributed by atoms with Crippen molar-refractivity contribution in [2.75, 3.05) is 20.2 Å². The lowest BCUT2D eigenvalue weighted by Crippen LogP contribution is -2.45. The number of carbonyl (C=O) groups is 2. The number of esters is 1. The fourth-order valence-corrected chi connectivity index (χ4v) is 4.16. The van der Waals surface area contributed by atoms with Crippen LogP contribution in [-0.4, -0.2) is 41.5 Å². The minimum atomic E-state index is -0.414. The third-order valence-corrected chi connectivity index (χ3v) is 5.10. The number of ether oxygens (including phenoxy) is 1. The summed E-state index contributed by atoms with van der Waals surface area (Å²) in [6.45, 7) is 3.03. The number of benzene rings is 1. The van der Waals surface area contributed by atoms with Gasteiger partial charge >= 0.3 is 5.97 Å². The van der Waals surface area contributed by atoms with E-state index in [0.717, 1.165) is 29.6 Å². The van der Waals surface area contributed by atoms with Gasteiger partial charge in [0.05, 0.1) is 24.1 Å². The van der Waals surface area contributed by atoms with E-state index in [9.17, 15) is 9.59 Å². The summed E-state index contributed by atoms with van der Waals surface area (Å²) in [6.07, 6.45) is 1.11. The van der Waals surface area contributed by atoms with Gasteiger partial charge in [0, 0.05) is 24.0 Å². The molecule has 0 saturated carbocycles. The van der Waals surface area contributed by atoms with Crippen LogP contribution in [0.3, 0.4) is 0 Å². The molecule has 5 heteroatoms. The maximum Gasteiger partial charge on any atom is 0.311 e. The van der Waals surface area contributed by atoms with Gasteiger partial charge in [0.1, 0.15) is 0 Å². The summed E-state index contributed by atoms with van der Waals surface area (Å²) in [5.41, 5.74) is 3.17. The Hall–Kier alpha value is -2.14. The van der Waals surface area contributed by atoms with Crippen molar-refractivity contribution in [3.63, 3.8) is 0 Å². The summed E-state index contributed by atoms with van der Waals surface area (Å²) in [4.78, 5) is 27.4. The molecule has 1 aromatic heterocycles. The normalized spacial score (nSPS) is 23.8. The van der Waals surface area contributed by atoms with Gasteiger partial charge in [-0.15, -0.1) is 0 Å².